The van der Waals surface area contributed by atoms with Crippen LogP contribution in [0.15, 0.2) is 67.3 Å². The second-order valence-corrected chi connectivity index (χ2v) is 7.26. The van der Waals surface area contributed by atoms with Crippen LogP contribution in [0.5, 0.6) is 5.75 Å². The smallest absolute Gasteiger partial charge is 0.178 e. The Balaban J connectivity index is 1.52. The molecule has 0 atom stereocenters. The van der Waals surface area contributed by atoms with Crippen LogP contribution in [-0.4, -0.2) is 40.2 Å². The number of benzene rings is 2. The van der Waals surface area contributed by atoms with Crippen LogP contribution in [0.3, 0.4) is 0 Å². The van der Waals surface area contributed by atoms with Gasteiger partial charge in [0.1, 0.15) is 17.3 Å². The summed E-state index contributed by atoms with van der Waals surface area (Å²) >= 11 is 0. The SMILES string of the molecule is Oc1cc(F)cc(-c2ccnc3nc(-c4n[nH]c5ccc(-c6cnccn6)cc45)[nH]c23)c1. The van der Waals surface area contributed by atoms with Gasteiger partial charge in [-0.15, -0.1) is 0 Å². The summed E-state index contributed by atoms with van der Waals surface area (Å²) < 4.78 is 13.9. The first-order valence-corrected chi connectivity index (χ1v) is 9.75. The number of aromatic amines is 2. The van der Waals surface area contributed by atoms with Crippen molar-refractivity contribution in [2.24, 2.45) is 0 Å². The number of nitrogens with one attached hydrogen (secondary N) is 2. The average molecular weight is 423 g/mol. The number of halogens is 1. The lowest BCUT2D eigenvalue weighted by Crippen LogP contribution is -1.85. The molecule has 9 heteroatoms. The molecule has 0 aliphatic carbocycles. The van der Waals surface area contributed by atoms with Crippen LogP contribution >= 0.6 is 0 Å². The van der Waals surface area contributed by atoms with Gasteiger partial charge in [0, 0.05) is 41.2 Å². The number of imidazole rings is 1. The summed E-state index contributed by atoms with van der Waals surface area (Å²) in [6.45, 7) is 0. The highest BCUT2D eigenvalue weighted by Gasteiger charge is 2.17. The molecule has 32 heavy (non-hydrogen) atoms. The second-order valence-electron chi connectivity index (χ2n) is 7.26. The quantitative estimate of drug-likeness (QED) is 0.387. The number of hydrogen-bond donors (Lipinski definition) is 3. The minimum atomic E-state index is -0.528. The van der Waals surface area contributed by atoms with E-state index in [0.29, 0.717) is 33.8 Å². The van der Waals surface area contributed by atoms with Gasteiger partial charge in [-0.25, -0.2) is 14.4 Å². The normalized spacial score (nSPS) is 11.4. The largest absolute Gasteiger partial charge is 0.508 e. The molecule has 154 valence electrons. The van der Waals surface area contributed by atoms with E-state index in [1.807, 2.05) is 18.2 Å². The van der Waals surface area contributed by atoms with Gasteiger partial charge in [0.15, 0.2) is 11.5 Å². The van der Waals surface area contributed by atoms with Crippen LogP contribution < -0.4 is 0 Å². The summed E-state index contributed by atoms with van der Waals surface area (Å²) in [5.41, 5.74) is 5.38. The van der Waals surface area contributed by atoms with Crippen molar-refractivity contribution in [1.29, 1.82) is 0 Å². The predicted octanol–water partition coefficient (Wildman–Crippen LogP) is 4.47. The molecule has 4 aromatic heterocycles. The molecule has 0 amide bonds. The first-order chi connectivity index (χ1) is 15.7. The average Bonchev–Trinajstić information content (AvgIpc) is 3.42. The summed E-state index contributed by atoms with van der Waals surface area (Å²) in [7, 11) is 0. The zero-order chi connectivity index (χ0) is 21.7. The van der Waals surface area contributed by atoms with Crippen molar-refractivity contribution < 1.29 is 9.50 Å². The van der Waals surface area contributed by atoms with E-state index in [4.69, 9.17) is 0 Å². The van der Waals surface area contributed by atoms with E-state index >= 15 is 0 Å². The summed E-state index contributed by atoms with van der Waals surface area (Å²) in [5, 5.41) is 18.1. The van der Waals surface area contributed by atoms with Gasteiger partial charge in [-0.1, -0.05) is 6.07 Å². The lowest BCUT2D eigenvalue weighted by Gasteiger charge is -2.04. The van der Waals surface area contributed by atoms with Crippen LogP contribution in [0.4, 0.5) is 4.39 Å². The van der Waals surface area contributed by atoms with E-state index in [9.17, 15) is 9.50 Å². The Labute approximate surface area is 179 Å². The van der Waals surface area contributed by atoms with Crippen molar-refractivity contribution in [1.82, 2.24) is 35.1 Å². The van der Waals surface area contributed by atoms with Crippen LogP contribution in [0.1, 0.15) is 0 Å². The van der Waals surface area contributed by atoms with Crippen molar-refractivity contribution in [2.75, 3.05) is 0 Å². The van der Waals surface area contributed by atoms with Crippen LogP contribution in [0.2, 0.25) is 0 Å². The molecule has 6 rings (SSSR count). The van der Waals surface area contributed by atoms with Crippen LogP contribution in [0, 0.1) is 5.82 Å². The van der Waals surface area contributed by atoms with Gasteiger partial charge in [0.2, 0.25) is 0 Å². The van der Waals surface area contributed by atoms with Gasteiger partial charge in [-0.2, -0.15) is 5.10 Å². The first kappa shape index (κ1) is 18.1. The van der Waals surface area contributed by atoms with E-state index < -0.39 is 5.82 Å². The van der Waals surface area contributed by atoms with Crippen LogP contribution in [-0.2, 0) is 0 Å². The summed E-state index contributed by atoms with van der Waals surface area (Å²) in [6.07, 6.45) is 6.57. The molecule has 0 fully saturated rings. The van der Waals surface area contributed by atoms with Gasteiger partial charge in [0.05, 0.1) is 22.9 Å². The van der Waals surface area contributed by atoms with Crippen LogP contribution in [0.25, 0.3) is 56.0 Å². The van der Waals surface area contributed by atoms with E-state index in [0.717, 1.165) is 28.2 Å². The van der Waals surface area contributed by atoms with E-state index in [1.54, 1.807) is 30.9 Å². The lowest BCUT2D eigenvalue weighted by molar-refractivity contribution is 0.469. The Morgan fingerprint density at radius 2 is 1.84 bits per heavy atom. The highest BCUT2D eigenvalue weighted by molar-refractivity contribution is 5.97. The maximum absolute atomic E-state index is 13.9. The Morgan fingerprint density at radius 1 is 0.906 bits per heavy atom. The summed E-state index contributed by atoms with van der Waals surface area (Å²) in [5.74, 6) is -0.165. The Morgan fingerprint density at radius 3 is 2.69 bits per heavy atom. The molecule has 8 nitrogen and oxygen atoms in total. The standard InChI is InChI=1S/C23H14FN7O/c24-14-7-13(8-15(32)10-14)16-3-4-27-22-20(16)28-23(29-22)21-17-9-12(1-2-18(17)30-31-21)19-11-25-5-6-26-19/h1-11,32H,(H,30,31)(H,27,28,29). The maximum atomic E-state index is 13.9. The number of aromatic nitrogens is 7. The molecular weight excluding hydrogens is 409 g/mol. The first-order valence-electron chi connectivity index (χ1n) is 9.75. The lowest BCUT2D eigenvalue weighted by atomic mass is 10.1. The zero-order valence-corrected chi connectivity index (χ0v) is 16.4. The molecule has 4 heterocycles. The number of nitrogens with zero attached hydrogens (tertiary/aromatic N) is 5. The molecule has 0 aliphatic heterocycles. The molecule has 0 bridgehead atoms. The van der Waals surface area contributed by atoms with Crippen molar-refractivity contribution >= 4 is 22.1 Å². The number of phenolic OH excluding ortho intramolecular Hbond substituents is 1. The minimum Gasteiger partial charge on any atom is -0.508 e. The topological polar surface area (TPSA) is 116 Å². The number of hydrogen-bond acceptors (Lipinski definition) is 6. The fourth-order valence-electron chi connectivity index (χ4n) is 3.80. The third-order valence-electron chi connectivity index (χ3n) is 5.23. The van der Waals surface area contributed by atoms with Crippen molar-refractivity contribution in [3.8, 4) is 39.7 Å². The van der Waals surface area contributed by atoms with Crippen molar-refractivity contribution in [2.45, 2.75) is 0 Å². The predicted molar refractivity (Wildman–Crippen MR) is 117 cm³/mol. The molecule has 3 N–H and O–H groups in total. The summed E-state index contributed by atoms with van der Waals surface area (Å²) in [4.78, 5) is 20.7. The van der Waals surface area contributed by atoms with E-state index in [-0.39, 0.29) is 5.75 Å². The number of phenols is 1. The fraction of sp³-hybridized carbons (Fsp3) is 0. The third kappa shape index (κ3) is 2.95. The Hall–Kier alpha value is -4.66. The summed E-state index contributed by atoms with van der Waals surface area (Å²) in [6, 6.07) is 11.5. The fourth-order valence-corrected chi connectivity index (χ4v) is 3.80. The molecule has 0 aliphatic rings. The number of H-pyrrole nitrogens is 2. The Bertz CT molecular complexity index is 1590. The number of pyridine rings is 1. The van der Waals surface area contributed by atoms with Gasteiger partial charge < -0.3 is 10.1 Å². The molecule has 0 unspecified atom stereocenters. The molecule has 6 aromatic rings. The second kappa shape index (κ2) is 6.95. The van der Waals surface area contributed by atoms with Gasteiger partial charge in [-0.3, -0.25) is 15.1 Å². The molecule has 0 saturated heterocycles. The molecular formula is C23H14FN7O. The van der Waals surface area contributed by atoms with E-state index in [2.05, 4.69) is 35.1 Å². The highest BCUT2D eigenvalue weighted by atomic mass is 19.1. The molecule has 0 spiro atoms. The maximum Gasteiger partial charge on any atom is 0.178 e. The van der Waals surface area contributed by atoms with Crippen molar-refractivity contribution in [3.05, 3.63) is 73.1 Å². The molecule has 2 aromatic carbocycles. The van der Waals surface area contributed by atoms with Gasteiger partial charge in [0.25, 0.3) is 0 Å². The van der Waals surface area contributed by atoms with E-state index in [1.165, 1.54) is 12.1 Å². The highest BCUT2D eigenvalue weighted by Crippen LogP contribution is 2.33. The van der Waals surface area contributed by atoms with Gasteiger partial charge >= 0.3 is 0 Å². The minimum absolute atomic E-state index is 0.153. The molecule has 0 radical (unpaired) electrons. The third-order valence-corrected chi connectivity index (χ3v) is 5.23. The number of rotatable bonds is 3. The number of fused-ring (bicyclic) bond motifs is 2. The van der Waals surface area contributed by atoms with Gasteiger partial charge in [-0.05, 0) is 35.9 Å². The monoisotopic (exact) mass is 423 g/mol. The zero-order valence-electron chi connectivity index (χ0n) is 16.4. The number of aromatic hydroxyl groups is 1. The molecule has 0 saturated carbocycles. The van der Waals surface area contributed by atoms with Crippen molar-refractivity contribution in [3.63, 3.8) is 0 Å². The Kier molecular flexibility index (Phi) is 3.94.